The van der Waals surface area contributed by atoms with Gasteiger partial charge in [-0.15, -0.1) is 0 Å². The van der Waals surface area contributed by atoms with Gasteiger partial charge in [0.05, 0.1) is 18.6 Å². The van der Waals surface area contributed by atoms with Crippen LogP contribution in [0, 0.1) is 5.82 Å². The van der Waals surface area contributed by atoms with Gasteiger partial charge in [0, 0.05) is 10.4 Å². The fourth-order valence-corrected chi connectivity index (χ4v) is 6.26. The monoisotopic (exact) mass is 583 g/mol. The molecule has 0 N–H and O–H groups in total. The SMILES string of the molecule is COc1cc(/C=C2\SC(=O)N(Cc3ccc(F)cc3Cl)C2=O)ccc1OS(=O)(=O)c1cccc2ccccc12. The first-order chi connectivity index (χ1) is 18.7. The number of nitrogens with zero attached hydrogens (tertiary/aromatic N) is 1. The van der Waals surface area contributed by atoms with E-state index in [1.807, 2.05) is 6.07 Å². The Morgan fingerprint density at radius 3 is 2.51 bits per heavy atom. The van der Waals surface area contributed by atoms with Gasteiger partial charge in [-0.3, -0.25) is 14.5 Å². The average Bonchev–Trinajstić information content (AvgIpc) is 3.17. The highest BCUT2D eigenvalue weighted by atomic mass is 35.5. The van der Waals surface area contributed by atoms with E-state index in [1.54, 1.807) is 36.4 Å². The summed E-state index contributed by atoms with van der Waals surface area (Å²) in [5.41, 5.74) is 0.907. The molecule has 0 unspecified atom stereocenters. The third-order valence-electron chi connectivity index (χ3n) is 5.92. The summed E-state index contributed by atoms with van der Waals surface area (Å²) in [4.78, 5) is 26.6. The average molecular weight is 584 g/mol. The number of imide groups is 1. The van der Waals surface area contributed by atoms with Gasteiger partial charge in [-0.2, -0.15) is 8.42 Å². The summed E-state index contributed by atoms with van der Waals surface area (Å²) in [6.45, 7) is -0.108. The first kappa shape index (κ1) is 26.7. The topological polar surface area (TPSA) is 90.0 Å². The largest absolute Gasteiger partial charge is 0.493 e. The second-order valence-corrected chi connectivity index (χ2v) is 11.3. The van der Waals surface area contributed by atoms with Gasteiger partial charge in [-0.05, 0) is 64.7 Å². The van der Waals surface area contributed by atoms with Crippen molar-refractivity contribution in [1.82, 2.24) is 4.90 Å². The molecule has 39 heavy (non-hydrogen) atoms. The minimum absolute atomic E-state index is 0.0154. The quantitative estimate of drug-likeness (QED) is 0.178. The molecular formula is C28H19ClFNO6S2. The Morgan fingerprint density at radius 1 is 0.974 bits per heavy atom. The zero-order valence-corrected chi connectivity index (χ0v) is 22.6. The minimum atomic E-state index is -4.21. The second-order valence-electron chi connectivity index (χ2n) is 8.43. The number of methoxy groups -OCH3 is 1. The number of hydrogen-bond donors (Lipinski definition) is 0. The summed E-state index contributed by atoms with van der Waals surface area (Å²) in [5.74, 6) is -0.987. The molecule has 4 aromatic rings. The van der Waals surface area contributed by atoms with E-state index in [9.17, 15) is 22.4 Å². The van der Waals surface area contributed by atoms with E-state index in [4.69, 9.17) is 20.5 Å². The fraction of sp³-hybridized carbons (Fsp3) is 0.0714. The lowest BCUT2D eigenvalue weighted by Crippen LogP contribution is -2.27. The normalized spacial score (nSPS) is 14.8. The standard InChI is InChI=1S/C28H19ClFNO6S2/c1-36-24-13-17(14-25-27(32)31(28(33)38-25)16-19-10-11-20(30)15-22(19)29)9-12-23(24)37-39(34,35)26-8-4-6-18-5-2-3-7-21(18)26/h2-15H,16H2,1H3/b25-14-. The third kappa shape index (κ3) is 5.49. The minimum Gasteiger partial charge on any atom is -0.493 e. The number of hydrogen-bond acceptors (Lipinski definition) is 7. The highest BCUT2D eigenvalue weighted by molar-refractivity contribution is 8.18. The van der Waals surface area contributed by atoms with Crippen molar-refractivity contribution in [3.8, 4) is 11.5 Å². The van der Waals surface area contributed by atoms with Crippen molar-refractivity contribution < 1.29 is 31.3 Å². The first-order valence-electron chi connectivity index (χ1n) is 11.5. The zero-order valence-electron chi connectivity index (χ0n) is 20.3. The molecule has 1 aliphatic heterocycles. The van der Waals surface area contributed by atoms with E-state index in [0.717, 1.165) is 28.1 Å². The third-order valence-corrected chi connectivity index (χ3v) is 8.47. The Bertz CT molecular complexity index is 1770. The molecule has 5 rings (SSSR count). The van der Waals surface area contributed by atoms with E-state index in [0.29, 0.717) is 16.5 Å². The van der Waals surface area contributed by atoms with Crippen LogP contribution >= 0.6 is 23.4 Å². The molecule has 0 bridgehead atoms. The van der Waals surface area contributed by atoms with Crippen LogP contribution in [0.3, 0.4) is 0 Å². The van der Waals surface area contributed by atoms with Crippen LogP contribution in [0.2, 0.25) is 5.02 Å². The zero-order chi connectivity index (χ0) is 27.7. The molecule has 2 amide bonds. The van der Waals surface area contributed by atoms with Gasteiger partial charge in [0.15, 0.2) is 11.5 Å². The van der Waals surface area contributed by atoms with E-state index < -0.39 is 27.1 Å². The molecule has 1 fully saturated rings. The van der Waals surface area contributed by atoms with Crippen LogP contribution in [0.25, 0.3) is 16.8 Å². The highest BCUT2D eigenvalue weighted by Gasteiger charge is 2.35. The van der Waals surface area contributed by atoms with E-state index in [1.165, 1.54) is 43.5 Å². The number of carbonyl (C=O) groups excluding carboxylic acids is 2. The molecule has 0 saturated carbocycles. The number of rotatable bonds is 7. The smallest absolute Gasteiger partial charge is 0.339 e. The molecule has 0 aliphatic carbocycles. The molecule has 11 heteroatoms. The van der Waals surface area contributed by atoms with Crippen molar-refractivity contribution in [3.63, 3.8) is 0 Å². The van der Waals surface area contributed by atoms with Gasteiger partial charge in [-0.1, -0.05) is 60.1 Å². The van der Waals surface area contributed by atoms with E-state index in [2.05, 4.69) is 0 Å². The van der Waals surface area contributed by atoms with Crippen molar-refractivity contribution >= 4 is 61.5 Å². The van der Waals surface area contributed by atoms with Crippen LogP contribution in [0.5, 0.6) is 11.5 Å². The maximum absolute atomic E-state index is 13.4. The Morgan fingerprint density at radius 2 is 1.74 bits per heavy atom. The van der Waals surface area contributed by atoms with Crippen molar-refractivity contribution in [2.45, 2.75) is 11.4 Å². The number of ether oxygens (including phenoxy) is 1. The lowest BCUT2D eigenvalue weighted by Gasteiger charge is -2.14. The van der Waals surface area contributed by atoms with Crippen LogP contribution in [-0.2, 0) is 21.5 Å². The van der Waals surface area contributed by atoms with Crippen molar-refractivity contribution in [2.24, 2.45) is 0 Å². The van der Waals surface area contributed by atoms with Gasteiger partial charge in [0.25, 0.3) is 11.1 Å². The fourth-order valence-electron chi connectivity index (χ4n) is 4.03. The number of benzene rings is 4. The number of carbonyl (C=O) groups is 2. The summed E-state index contributed by atoms with van der Waals surface area (Å²) < 4.78 is 50.4. The Kier molecular flexibility index (Phi) is 7.35. The Labute approximate surface area is 232 Å². The molecule has 1 aliphatic rings. The summed E-state index contributed by atoms with van der Waals surface area (Å²) in [6, 6.07) is 20.2. The van der Waals surface area contributed by atoms with Gasteiger partial charge < -0.3 is 8.92 Å². The maximum atomic E-state index is 13.4. The predicted molar refractivity (Wildman–Crippen MR) is 148 cm³/mol. The molecular weight excluding hydrogens is 565 g/mol. The first-order valence-corrected chi connectivity index (χ1v) is 14.1. The highest BCUT2D eigenvalue weighted by Crippen LogP contribution is 2.37. The summed E-state index contributed by atoms with van der Waals surface area (Å²) in [6.07, 6.45) is 1.49. The molecule has 1 saturated heterocycles. The molecule has 1 heterocycles. The number of fused-ring (bicyclic) bond motifs is 1. The van der Waals surface area contributed by atoms with Gasteiger partial charge in [-0.25, -0.2) is 4.39 Å². The van der Waals surface area contributed by atoms with Crippen molar-refractivity contribution in [3.05, 3.63) is 106 Å². The lowest BCUT2D eigenvalue weighted by atomic mass is 10.1. The Balaban J connectivity index is 1.39. The van der Waals surface area contributed by atoms with E-state index in [-0.39, 0.29) is 32.9 Å². The number of amides is 2. The van der Waals surface area contributed by atoms with Crippen LogP contribution in [0.1, 0.15) is 11.1 Å². The predicted octanol–water partition coefficient (Wildman–Crippen LogP) is 6.65. The summed E-state index contributed by atoms with van der Waals surface area (Å²) in [7, 11) is -2.85. The molecule has 0 aromatic heterocycles. The van der Waals surface area contributed by atoms with Crippen molar-refractivity contribution in [1.29, 1.82) is 0 Å². The van der Waals surface area contributed by atoms with Crippen LogP contribution < -0.4 is 8.92 Å². The molecule has 7 nitrogen and oxygen atoms in total. The van der Waals surface area contributed by atoms with Gasteiger partial charge in [0.1, 0.15) is 10.7 Å². The second kappa shape index (κ2) is 10.7. The number of thioether (sulfide) groups is 1. The van der Waals surface area contributed by atoms with E-state index >= 15 is 0 Å². The molecule has 0 spiro atoms. The lowest BCUT2D eigenvalue weighted by molar-refractivity contribution is -0.123. The van der Waals surface area contributed by atoms with Crippen LogP contribution in [-0.4, -0.2) is 31.6 Å². The van der Waals surface area contributed by atoms with Gasteiger partial charge >= 0.3 is 10.1 Å². The molecule has 4 aromatic carbocycles. The summed E-state index contributed by atoms with van der Waals surface area (Å²) >= 11 is 6.80. The Hall–Kier alpha value is -3.86. The van der Waals surface area contributed by atoms with Crippen LogP contribution in [0.4, 0.5) is 9.18 Å². The van der Waals surface area contributed by atoms with Crippen LogP contribution in [0.15, 0.2) is 88.7 Å². The molecule has 198 valence electrons. The van der Waals surface area contributed by atoms with Gasteiger partial charge in [0.2, 0.25) is 0 Å². The maximum Gasteiger partial charge on any atom is 0.339 e. The molecule has 0 atom stereocenters. The molecule has 0 radical (unpaired) electrons. The number of halogens is 2. The summed E-state index contributed by atoms with van der Waals surface area (Å²) in [5, 5.41) is 0.880. The van der Waals surface area contributed by atoms with Crippen molar-refractivity contribution in [2.75, 3.05) is 7.11 Å².